The van der Waals surface area contributed by atoms with Crippen molar-refractivity contribution in [3.8, 4) is 0 Å². The highest BCUT2D eigenvalue weighted by Gasteiger charge is 2.26. The molecule has 0 radical (unpaired) electrons. The summed E-state index contributed by atoms with van der Waals surface area (Å²) in [5.74, 6) is 0.166. The summed E-state index contributed by atoms with van der Waals surface area (Å²) in [6, 6.07) is 29.6. The average molecular weight is 459 g/mol. The monoisotopic (exact) mass is 458 g/mol. The summed E-state index contributed by atoms with van der Waals surface area (Å²) in [6.45, 7) is 3.14. The molecule has 5 rings (SSSR count). The van der Waals surface area contributed by atoms with Gasteiger partial charge in [0, 0.05) is 13.6 Å². The molecule has 33 heavy (non-hydrogen) atoms. The average Bonchev–Trinajstić information content (AvgIpc) is 3.36. The van der Waals surface area contributed by atoms with Gasteiger partial charge < -0.3 is 9.80 Å². The molecule has 1 amide bonds. The highest BCUT2D eigenvalue weighted by molar-refractivity contribution is 6.04. The molecule has 3 nitrogen and oxygen atoms in total. The number of nitrogens with zero attached hydrogens (tertiary/aromatic N) is 2. The summed E-state index contributed by atoms with van der Waals surface area (Å²) in [5, 5.41) is 4.72. The van der Waals surface area contributed by atoms with Gasteiger partial charge in [-0.25, -0.2) is 0 Å². The van der Waals surface area contributed by atoms with Crippen molar-refractivity contribution in [2.24, 2.45) is 0 Å². The van der Waals surface area contributed by atoms with E-state index in [2.05, 4.69) is 83.8 Å². The fraction of sp³-hybridized carbons (Fsp3) is 0.276. The van der Waals surface area contributed by atoms with Gasteiger partial charge in [-0.2, -0.15) is 0 Å². The first kappa shape index (κ1) is 23.3. The second-order valence-corrected chi connectivity index (χ2v) is 8.91. The van der Waals surface area contributed by atoms with Crippen LogP contribution < -0.4 is 0 Å². The first-order chi connectivity index (χ1) is 15.7. The van der Waals surface area contributed by atoms with Gasteiger partial charge in [-0.15, -0.1) is 12.4 Å². The zero-order chi connectivity index (χ0) is 21.9. The van der Waals surface area contributed by atoms with Crippen molar-refractivity contribution in [2.75, 3.05) is 26.7 Å². The molecule has 1 saturated heterocycles. The second-order valence-electron chi connectivity index (χ2n) is 8.91. The molecule has 4 aromatic carbocycles. The van der Waals surface area contributed by atoms with E-state index in [1.807, 2.05) is 18.0 Å². The van der Waals surface area contributed by atoms with Crippen LogP contribution in [0.25, 0.3) is 21.5 Å². The number of amides is 1. The van der Waals surface area contributed by atoms with Gasteiger partial charge in [0.2, 0.25) is 5.91 Å². The summed E-state index contributed by atoms with van der Waals surface area (Å²) < 4.78 is 0. The van der Waals surface area contributed by atoms with Gasteiger partial charge in [0.25, 0.3) is 0 Å². The minimum absolute atomic E-state index is 0. The van der Waals surface area contributed by atoms with E-state index < -0.39 is 0 Å². The number of carbonyl (C=O) groups is 1. The van der Waals surface area contributed by atoms with Gasteiger partial charge in [-0.1, -0.05) is 78.9 Å². The quantitative estimate of drug-likeness (QED) is 0.319. The molecular weight excluding hydrogens is 428 g/mol. The Morgan fingerprint density at radius 2 is 1.39 bits per heavy atom. The van der Waals surface area contributed by atoms with E-state index in [0.717, 1.165) is 25.2 Å². The highest BCUT2D eigenvalue weighted by Crippen LogP contribution is 2.30. The lowest BCUT2D eigenvalue weighted by Gasteiger charge is -2.32. The number of fused-ring (bicyclic) bond motifs is 2. The number of benzene rings is 4. The topological polar surface area (TPSA) is 23.6 Å². The summed E-state index contributed by atoms with van der Waals surface area (Å²) in [6.07, 6.45) is 2.91. The van der Waals surface area contributed by atoms with Crippen LogP contribution in [0.15, 0.2) is 84.9 Å². The van der Waals surface area contributed by atoms with Gasteiger partial charge in [-0.05, 0) is 64.7 Å². The molecule has 4 aromatic rings. The van der Waals surface area contributed by atoms with Crippen molar-refractivity contribution in [1.29, 1.82) is 0 Å². The Hall–Kier alpha value is -2.88. The highest BCUT2D eigenvalue weighted by atomic mass is 35.5. The van der Waals surface area contributed by atoms with Crippen LogP contribution in [-0.2, 0) is 11.2 Å². The first-order valence-corrected chi connectivity index (χ1v) is 11.6. The van der Waals surface area contributed by atoms with Crippen molar-refractivity contribution in [1.82, 2.24) is 9.80 Å². The smallest absolute Gasteiger partial charge is 0.227 e. The molecule has 1 unspecified atom stereocenters. The molecule has 4 heteroatoms. The van der Waals surface area contributed by atoms with Crippen LogP contribution >= 0.6 is 12.4 Å². The molecule has 1 aliphatic rings. The maximum Gasteiger partial charge on any atom is 0.227 e. The minimum atomic E-state index is 0. The third-order valence-electron chi connectivity index (χ3n) is 6.89. The molecule has 1 fully saturated rings. The van der Waals surface area contributed by atoms with E-state index in [9.17, 15) is 4.79 Å². The number of hydrogen-bond donors (Lipinski definition) is 0. The van der Waals surface area contributed by atoms with Crippen LogP contribution in [0.4, 0.5) is 0 Å². The number of halogens is 1. The Balaban J connectivity index is 0.00000259. The summed E-state index contributed by atoms with van der Waals surface area (Å²) in [4.78, 5) is 18.2. The SMILES string of the molecule is CN(C(=O)Cc1c2ccccc2cc2ccccc12)C(CN1CCCC1)c1ccccc1.Cl. The van der Waals surface area contributed by atoms with E-state index in [-0.39, 0.29) is 24.4 Å². The van der Waals surface area contributed by atoms with Crippen molar-refractivity contribution >= 4 is 39.9 Å². The number of likely N-dealkylation sites (N-methyl/N-ethyl adjacent to an activating group) is 1. The molecule has 0 aliphatic carbocycles. The molecule has 170 valence electrons. The zero-order valence-electron chi connectivity index (χ0n) is 19.1. The summed E-state index contributed by atoms with van der Waals surface area (Å²) in [7, 11) is 1.98. The van der Waals surface area contributed by atoms with E-state index in [4.69, 9.17) is 0 Å². The van der Waals surface area contributed by atoms with Crippen LogP contribution in [-0.4, -0.2) is 42.4 Å². The minimum Gasteiger partial charge on any atom is -0.337 e. The molecular formula is C29H31ClN2O. The molecule has 0 aromatic heterocycles. The maximum absolute atomic E-state index is 13.7. The molecule has 0 N–H and O–H groups in total. The number of carbonyl (C=O) groups excluding carboxylic acids is 1. The van der Waals surface area contributed by atoms with Crippen LogP contribution in [0.2, 0.25) is 0 Å². The fourth-order valence-electron chi connectivity index (χ4n) is 5.08. The second kappa shape index (κ2) is 10.4. The Morgan fingerprint density at radius 1 is 0.848 bits per heavy atom. The standard InChI is InChI=1S/C29H30N2O.ClH/c1-30(28(21-31-17-9-10-18-31)22-11-3-2-4-12-22)29(32)20-27-25-15-7-5-13-23(25)19-24-14-6-8-16-26(24)27;/h2-8,11-16,19,28H,9-10,17-18,20-21H2,1H3;1H. The third-order valence-corrected chi connectivity index (χ3v) is 6.89. The van der Waals surface area contributed by atoms with Crippen LogP contribution in [0.5, 0.6) is 0 Å². The Bertz CT molecular complexity index is 1180. The van der Waals surface area contributed by atoms with Crippen molar-refractivity contribution in [2.45, 2.75) is 25.3 Å². The third kappa shape index (κ3) is 4.90. The Morgan fingerprint density at radius 3 is 2.00 bits per heavy atom. The predicted molar refractivity (Wildman–Crippen MR) is 140 cm³/mol. The predicted octanol–water partition coefficient (Wildman–Crippen LogP) is 6.25. The van der Waals surface area contributed by atoms with Gasteiger partial charge in [0.05, 0.1) is 12.5 Å². The van der Waals surface area contributed by atoms with Gasteiger partial charge in [0.15, 0.2) is 0 Å². The van der Waals surface area contributed by atoms with Gasteiger partial charge >= 0.3 is 0 Å². The van der Waals surface area contributed by atoms with E-state index in [1.54, 1.807) is 0 Å². The lowest BCUT2D eigenvalue weighted by Crippen LogP contribution is -2.39. The first-order valence-electron chi connectivity index (χ1n) is 11.6. The maximum atomic E-state index is 13.7. The zero-order valence-corrected chi connectivity index (χ0v) is 19.9. The van der Waals surface area contributed by atoms with Crippen molar-refractivity contribution in [3.05, 3.63) is 96.1 Å². The molecule has 1 heterocycles. The normalized spacial score (nSPS) is 14.8. The number of likely N-dealkylation sites (tertiary alicyclic amines) is 1. The van der Waals surface area contributed by atoms with Crippen LogP contribution in [0.1, 0.15) is 30.0 Å². The lowest BCUT2D eigenvalue weighted by molar-refractivity contribution is -0.131. The Labute approximate surface area is 202 Å². The summed E-state index contributed by atoms with van der Waals surface area (Å²) in [5.41, 5.74) is 2.33. The molecule has 0 spiro atoms. The van der Waals surface area contributed by atoms with E-state index in [1.165, 1.54) is 39.9 Å². The summed E-state index contributed by atoms with van der Waals surface area (Å²) >= 11 is 0. The molecule has 1 aliphatic heterocycles. The largest absolute Gasteiger partial charge is 0.337 e. The Kier molecular flexibility index (Phi) is 7.32. The van der Waals surface area contributed by atoms with Crippen molar-refractivity contribution in [3.63, 3.8) is 0 Å². The van der Waals surface area contributed by atoms with Gasteiger partial charge in [-0.3, -0.25) is 4.79 Å². The lowest BCUT2D eigenvalue weighted by atomic mass is 9.94. The van der Waals surface area contributed by atoms with E-state index in [0.29, 0.717) is 6.42 Å². The van der Waals surface area contributed by atoms with E-state index >= 15 is 0 Å². The van der Waals surface area contributed by atoms with Crippen LogP contribution in [0, 0.1) is 0 Å². The fourth-order valence-corrected chi connectivity index (χ4v) is 5.08. The van der Waals surface area contributed by atoms with Gasteiger partial charge in [0.1, 0.15) is 0 Å². The molecule has 0 bridgehead atoms. The molecule has 0 saturated carbocycles. The molecule has 1 atom stereocenters. The van der Waals surface area contributed by atoms with Crippen molar-refractivity contribution < 1.29 is 4.79 Å². The number of hydrogen-bond acceptors (Lipinski definition) is 2. The van der Waals surface area contributed by atoms with Crippen LogP contribution in [0.3, 0.4) is 0 Å². The number of rotatable bonds is 6.